The molecule has 0 unspecified atom stereocenters. The van der Waals surface area contributed by atoms with Gasteiger partial charge < -0.3 is 8.83 Å². The van der Waals surface area contributed by atoms with Gasteiger partial charge in [-0.05, 0) is 88.0 Å². The zero-order valence-corrected chi connectivity index (χ0v) is 30.1. The number of rotatable bonds is 6. The molecule has 56 heavy (non-hydrogen) atoms. The van der Waals surface area contributed by atoms with Gasteiger partial charge in [-0.2, -0.15) is 0 Å². The van der Waals surface area contributed by atoms with Gasteiger partial charge in [0.25, 0.3) is 0 Å². The van der Waals surface area contributed by atoms with Crippen molar-refractivity contribution in [1.29, 1.82) is 0 Å². The SMILES string of the molecule is c1ccc(-c2cc(-c3ccccc3)cc(-c3nc(-c4ccccc4)nc(-c4cc(-c5ccc6oc7ccccc7c6c5)c5c(c4)oc4ccccc45)n3)c2)cc1. The highest BCUT2D eigenvalue weighted by molar-refractivity contribution is 6.15. The van der Waals surface area contributed by atoms with Crippen LogP contribution in [0, 0.1) is 0 Å². The van der Waals surface area contributed by atoms with Crippen LogP contribution in [0.4, 0.5) is 0 Å². The quantitative estimate of drug-likeness (QED) is 0.171. The molecule has 0 spiro atoms. The van der Waals surface area contributed by atoms with Crippen molar-refractivity contribution < 1.29 is 8.83 Å². The van der Waals surface area contributed by atoms with Crippen LogP contribution in [0.5, 0.6) is 0 Å². The van der Waals surface area contributed by atoms with E-state index in [-0.39, 0.29) is 0 Å². The van der Waals surface area contributed by atoms with Crippen molar-refractivity contribution in [2.24, 2.45) is 0 Å². The molecule has 11 aromatic rings. The Morgan fingerprint density at radius 2 is 0.732 bits per heavy atom. The van der Waals surface area contributed by atoms with Gasteiger partial charge in [-0.3, -0.25) is 0 Å². The zero-order chi connectivity index (χ0) is 37.0. The van der Waals surface area contributed by atoms with Crippen LogP contribution < -0.4 is 0 Å². The minimum absolute atomic E-state index is 0.554. The third-order valence-corrected chi connectivity index (χ3v) is 10.5. The van der Waals surface area contributed by atoms with E-state index in [9.17, 15) is 0 Å². The van der Waals surface area contributed by atoms with Crippen molar-refractivity contribution in [2.75, 3.05) is 0 Å². The lowest BCUT2D eigenvalue weighted by molar-refractivity contribution is 0.669. The molecule has 0 aliphatic carbocycles. The third-order valence-electron chi connectivity index (χ3n) is 10.5. The molecule has 0 bridgehead atoms. The van der Waals surface area contributed by atoms with E-state index in [0.29, 0.717) is 17.5 Å². The molecule has 3 heterocycles. The number of hydrogen-bond donors (Lipinski definition) is 0. The molecule has 0 saturated carbocycles. The molecular weight excluding hydrogens is 687 g/mol. The van der Waals surface area contributed by atoms with Crippen molar-refractivity contribution in [2.45, 2.75) is 0 Å². The smallest absolute Gasteiger partial charge is 0.164 e. The Morgan fingerprint density at radius 1 is 0.268 bits per heavy atom. The third kappa shape index (κ3) is 5.53. The maximum Gasteiger partial charge on any atom is 0.164 e. The first-order valence-electron chi connectivity index (χ1n) is 18.7. The summed E-state index contributed by atoms with van der Waals surface area (Å²) in [5.41, 5.74) is 12.4. The van der Waals surface area contributed by atoms with Crippen molar-refractivity contribution in [3.8, 4) is 67.5 Å². The van der Waals surface area contributed by atoms with Gasteiger partial charge in [0, 0.05) is 38.2 Å². The van der Waals surface area contributed by atoms with Gasteiger partial charge in [0.2, 0.25) is 0 Å². The molecule has 0 atom stereocenters. The van der Waals surface area contributed by atoms with E-state index in [1.807, 2.05) is 72.8 Å². The predicted octanol–water partition coefficient (Wildman–Crippen LogP) is 13.7. The van der Waals surface area contributed by atoms with Crippen molar-refractivity contribution in [3.05, 3.63) is 188 Å². The van der Waals surface area contributed by atoms with Crippen molar-refractivity contribution in [1.82, 2.24) is 15.0 Å². The summed E-state index contributed by atoms with van der Waals surface area (Å²) in [5.74, 6) is 1.73. The summed E-state index contributed by atoms with van der Waals surface area (Å²) >= 11 is 0. The fourth-order valence-electron chi connectivity index (χ4n) is 7.81. The van der Waals surface area contributed by atoms with E-state index >= 15 is 0 Å². The summed E-state index contributed by atoms with van der Waals surface area (Å²) in [6, 6.07) is 64.6. The first-order valence-corrected chi connectivity index (χ1v) is 18.7. The molecule has 0 N–H and O–H groups in total. The molecule has 0 aliphatic rings. The largest absolute Gasteiger partial charge is 0.456 e. The van der Waals surface area contributed by atoms with Crippen LogP contribution in [0.25, 0.3) is 111 Å². The lowest BCUT2D eigenvalue weighted by Crippen LogP contribution is -2.01. The average Bonchev–Trinajstić information content (AvgIpc) is 3.85. The first kappa shape index (κ1) is 31.9. The van der Waals surface area contributed by atoms with Gasteiger partial charge in [-0.15, -0.1) is 0 Å². The Hall–Kier alpha value is -7.63. The normalized spacial score (nSPS) is 11.6. The lowest BCUT2D eigenvalue weighted by Gasteiger charge is -2.13. The molecule has 0 saturated heterocycles. The Labute approximate surface area is 322 Å². The standard InChI is InChI=1S/C51H31N3O2/c1-4-14-32(15-5-1)36-26-37(33-16-6-2-7-17-33)28-38(27-36)50-52-49(34-18-8-3-9-19-34)53-51(54-50)39-30-42(48-41-21-11-13-23-45(41)56-47(48)31-39)35-24-25-46-43(29-35)40-20-10-12-22-44(40)55-46/h1-31H. The summed E-state index contributed by atoms with van der Waals surface area (Å²) < 4.78 is 12.8. The van der Waals surface area contributed by atoms with Crippen LogP contribution in [0.2, 0.25) is 0 Å². The second-order valence-corrected chi connectivity index (χ2v) is 14.0. The molecule has 0 fully saturated rings. The van der Waals surface area contributed by atoms with Crippen LogP contribution in [0.15, 0.2) is 197 Å². The lowest BCUT2D eigenvalue weighted by atomic mass is 9.95. The second-order valence-electron chi connectivity index (χ2n) is 14.0. The fourth-order valence-corrected chi connectivity index (χ4v) is 7.81. The van der Waals surface area contributed by atoms with Gasteiger partial charge in [0.1, 0.15) is 22.3 Å². The number of hydrogen-bond acceptors (Lipinski definition) is 5. The van der Waals surface area contributed by atoms with Gasteiger partial charge in [-0.25, -0.2) is 15.0 Å². The van der Waals surface area contributed by atoms with Crippen molar-refractivity contribution >= 4 is 43.9 Å². The van der Waals surface area contributed by atoms with Crippen LogP contribution in [-0.2, 0) is 0 Å². The molecule has 0 radical (unpaired) electrons. The molecular formula is C51H31N3O2. The second kappa shape index (κ2) is 13.0. The van der Waals surface area contributed by atoms with Crippen LogP contribution in [0.3, 0.4) is 0 Å². The summed E-state index contributed by atoms with van der Waals surface area (Å²) in [6.45, 7) is 0. The minimum atomic E-state index is 0.554. The Bertz CT molecular complexity index is 3180. The minimum Gasteiger partial charge on any atom is -0.456 e. The maximum absolute atomic E-state index is 6.59. The van der Waals surface area contributed by atoms with E-state index in [1.54, 1.807) is 0 Å². The van der Waals surface area contributed by atoms with E-state index < -0.39 is 0 Å². The molecule has 262 valence electrons. The molecule has 0 aliphatic heterocycles. The number of para-hydroxylation sites is 2. The number of aromatic nitrogens is 3. The van der Waals surface area contributed by atoms with E-state index in [4.69, 9.17) is 23.8 Å². The highest BCUT2D eigenvalue weighted by atomic mass is 16.3. The van der Waals surface area contributed by atoms with Gasteiger partial charge in [0.15, 0.2) is 17.5 Å². The molecule has 8 aromatic carbocycles. The Balaban J connectivity index is 1.16. The highest BCUT2D eigenvalue weighted by Gasteiger charge is 2.20. The summed E-state index contributed by atoms with van der Waals surface area (Å²) in [4.78, 5) is 15.6. The van der Waals surface area contributed by atoms with Crippen molar-refractivity contribution in [3.63, 3.8) is 0 Å². The van der Waals surface area contributed by atoms with Gasteiger partial charge in [-0.1, -0.05) is 133 Å². The molecule has 5 heteroatoms. The molecule has 3 aromatic heterocycles. The number of furan rings is 2. The van der Waals surface area contributed by atoms with Crippen LogP contribution in [0.1, 0.15) is 0 Å². The van der Waals surface area contributed by atoms with Gasteiger partial charge in [0.05, 0.1) is 0 Å². The van der Waals surface area contributed by atoms with E-state index in [2.05, 4.69) is 115 Å². The van der Waals surface area contributed by atoms with Gasteiger partial charge >= 0.3 is 0 Å². The van der Waals surface area contributed by atoms with E-state index in [1.165, 1.54) is 0 Å². The molecule has 5 nitrogen and oxygen atoms in total. The molecule has 11 rings (SSSR count). The summed E-state index contributed by atoms with van der Waals surface area (Å²) in [6.07, 6.45) is 0. The monoisotopic (exact) mass is 717 g/mol. The molecule has 0 amide bonds. The van der Waals surface area contributed by atoms with Crippen LogP contribution in [-0.4, -0.2) is 15.0 Å². The Morgan fingerprint density at radius 3 is 1.38 bits per heavy atom. The predicted molar refractivity (Wildman–Crippen MR) is 227 cm³/mol. The highest BCUT2D eigenvalue weighted by Crippen LogP contribution is 2.42. The number of fused-ring (bicyclic) bond motifs is 6. The van der Waals surface area contributed by atoms with E-state index in [0.717, 1.165) is 93.9 Å². The topological polar surface area (TPSA) is 65.0 Å². The fraction of sp³-hybridized carbons (Fsp3) is 0. The zero-order valence-electron chi connectivity index (χ0n) is 30.1. The summed E-state index contributed by atoms with van der Waals surface area (Å²) in [5, 5.41) is 4.23. The average molecular weight is 718 g/mol. The van der Waals surface area contributed by atoms with Crippen LogP contribution >= 0.6 is 0 Å². The number of benzene rings is 8. The summed E-state index contributed by atoms with van der Waals surface area (Å²) in [7, 11) is 0. The first-order chi connectivity index (χ1) is 27.7. The Kier molecular flexibility index (Phi) is 7.42. The number of nitrogens with zero attached hydrogens (tertiary/aromatic N) is 3. The maximum atomic E-state index is 6.59.